The van der Waals surface area contributed by atoms with E-state index in [1.807, 2.05) is 0 Å². The van der Waals surface area contributed by atoms with Crippen molar-refractivity contribution < 1.29 is 24.2 Å². The number of carboxylic acids is 1. The van der Waals surface area contributed by atoms with Crippen LogP contribution in [-0.4, -0.2) is 32.3 Å². The third-order valence-electron chi connectivity index (χ3n) is 3.27. The maximum atomic E-state index is 12.1. The highest BCUT2D eigenvalue weighted by atomic mass is 79.9. The molecule has 2 aromatic rings. The minimum absolute atomic E-state index is 0.0172. The molecule has 8 heteroatoms. The quantitative estimate of drug-likeness (QED) is 0.580. The van der Waals surface area contributed by atoms with E-state index >= 15 is 0 Å². The molecule has 2 rings (SSSR count). The molecule has 1 N–H and O–H groups in total. The van der Waals surface area contributed by atoms with Crippen LogP contribution in [-0.2, 0) is 0 Å². The van der Waals surface area contributed by atoms with Gasteiger partial charge >= 0.3 is 0 Å². The summed E-state index contributed by atoms with van der Waals surface area (Å²) in [5, 5.41) is 15.2. The van der Waals surface area contributed by atoms with Crippen LogP contribution < -0.4 is 20.0 Å². The highest BCUT2D eigenvalue weighted by Gasteiger charge is 2.15. The summed E-state index contributed by atoms with van der Waals surface area (Å²) in [4.78, 5) is 23.5. The Balaban J connectivity index is 2.28. The molecule has 0 fully saturated rings. The van der Waals surface area contributed by atoms with Crippen molar-refractivity contribution in [3.8, 4) is 11.5 Å². The summed E-state index contributed by atoms with van der Waals surface area (Å²) in [5.74, 6) is -1.63. The highest BCUT2D eigenvalue weighted by molar-refractivity contribution is 9.10. The Labute approximate surface area is 152 Å². The first-order chi connectivity index (χ1) is 12.0. The number of rotatable bonds is 6. The molecular formula is C17H14BrN2O5-. The Bertz CT molecular complexity index is 836. The average molecular weight is 406 g/mol. The molecule has 0 aliphatic rings. The first-order valence-corrected chi connectivity index (χ1v) is 7.83. The van der Waals surface area contributed by atoms with E-state index in [9.17, 15) is 14.7 Å². The van der Waals surface area contributed by atoms with Gasteiger partial charge in [-0.05, 0) is 40.2 Å². The van der Waals surface area contributed by atoms with E-state index in [4.69, 9.17) is 9.47 Å². The lowest BCUT2D eigenvalue weighted by atomic mass is 10.1. The normalized spacial score (nSPS) is 10.5. The van der Waals surface area contributed by atoms with Crippen molar-refractivity contribution in [1.29, 1.82) is 0 Å². The number of nitrogens with zero attached hydrogens (tertiary/aromatic N) is 1. The molecule has 1 amide bonds. The zero-order chi connectivity index (χ0) is 18.4. The van der Waals surface area contributed by atoms with Crippen LogP contribution >= 0.6 is 15.9 Å². The number of hydrogen-bond donors (Lipinski definition) is 1. The number of ether oxygens (including phenoxy) is 2. The largest absolute Gasteiger partial charge is 0.545 e. The Morgan fingerprint density at radius 2 is 1.88 bits per heavy atom. The molecule has 0 spiro atoms. The number of hydrogen-bond acceptors (Lipinski definition) is 6. The molecule has 0 saturated heterocycles. The lowest BCUT2D eigenvalue weighted by Gasteiger charge is -2.15. The van der Waals surface area contributed by atoms with Gasteiger partial charge < -0.3 is 19.4 Å². The fourth-order valence-electron chi connectivity index (χ4n) is 2.13. The van der Waals surface area contributed by atoms with E-state index in [0.29, 0.717) is 10.0 Å². The smallest absolute Gasteiger partial charge is 0.272 e. The van der Waals surface area contributed by atoms with Crippen LogP contribution in [0.25, 0.3) is 0 Å². The Kier molecular flexibility index (Phi) is 6.13. The Morgan fingerprint density at radius 3 is 2.48 bits per heavy atom. The molecule has 2 aromatic carbocycles. The maximum absolute atomic E-state index is 12.1. The zero-order valence-corrected chi connectivity index (χ0v) is 15.0. The number of nitrogens with one attached hydrogen (secondary N) is 1. The van der Waals surface area contributed by atoms with Crippen LogP contribution in [0.4, 0.5) is 0 Å². The molecule has 0 aliphatic heterocycles. The van der Waals surface area contributed by atoms with Crippen molar-refractivity contribution in [1.82, 2.24) is 5.43 Å². The van der Waals surface area contributed by atoms with Gasteiger partial charge in [0, 0.05) is 10.0 Å². The van der Waals surface area contributed by atoms with Gasteiger partial charge in [-0.2, -0.15) is 5.10 Å². The van der Waals surface area contributed by atoms with E-state index in [1.165, 1.54) is 32.6 Å². The van der Waals surface area contributed by atoms with Crippen LogP contribution in [0.15, 0.2) is 46.0 Å². The fourth-order valence-corrected chi connectivity index (χ4v) is 2.59. The lowest BCUT2D eigenvalue weighted by Crippen LogP contribution is -2.25. The van der Waals surface area contributed by atoms with Crippen molar-refractivity contribution >= 4 is 34.0 Å². The maximum Gasteiger partial charge on any atom is 0.272 e. The van der Waals surface area contributed by atoms with Crippen LogP contribution in [0, 0.1) is 0 Å². The van der Waals surface area contributed by atoms with Crippen LogP contribution in [0.3, 0.4) is 0 Å². The van der Waals surface area contributed by atoms with Gasteiger partial charge in [-0.3, -0.25) is 4.79 Å². The van der Waals surface area contributed by atoms with E-state index < -0.39 is 11.9 Å². The van der Waals surface area contributed by atoms with E-state index in [0.717, 1.165) is 0 Å². The third kappa shape index (κ3) is 4.16. The molecule has 0 radical (unpaired) electrons. The standard InChI is InChI=1S/C17H15BrN2O5/c1-24-13-8-7-10(14(17(22)23)15(13)25-2)9-19-20-16(21)11-5-3-4-6-12(11)18/h3-9H,1-2H3,(H,20,21)(H,22,23)/p-1/b19-9-. The molecule has 0 aliphatic carbocycles. The third-order valence-corrected chi connectivity index (χ3v) is 3.96. The molecule has 130 valence electrons. The van der Waals surface area contributed by atoms with Crippen molar-refractivity contribution in [2.24, 2.45) is 5.10 Å². The fraction of sp³-hybridized carbons (Fsp3) is 0.118. The molecule has 25 heavy (non-hydrogen) atoms. The topological polar surface area (TPSA) is 100 Å². The Morgan fingerprint density at radius 1 is 1.16 bits per heavy atom. The van der Waals surface area contributed by atoms with Crippen LogP contribution in [0.1, 0.15) is 26.3 Å². The number of methoxy groups -OCH3 is 2. The van der Waals surface area contributed by atoms with E-state index in [-0.39, 0.29) is 22.6 Å². The Hall–Kier alpha value is -2.87. The predicted molar refractivity (Wildman–Crippen MR) is 93.1 cm³/mol. The van der Waals surface area contributed by atoms with Gasteiger partial charge in [-0.1, -0.05) is 12.1 Å². The summed E-state index contributed by atoms with van der Waals surface area (Å²) in [6, 6.07) is 9.84. The lowest BCUT2D eigenvalue weighted by molar-refractivity contribution is -0.255. The van der Waals surface area contributed by atoms with Crippen molar-refractivity contribution in [2.45, 2.75) is 0 Å². The molecule has 0 saturated carbocycles. The average Bonchev–Trinajstić information content (AvgIpc) is 2.60. The number of hydrazone groups is 1. The predicted octanol–water partition coefficient (Wildman–Crippen LogP) is 1.59. The van der Waals surface area contributed by atoms with Gasteiger partial charge in [0.15, 0.2) is 11.5 Å². The number of aromatic carboxylic acids is 1. The second kappa shape index (κ2) is 8.29. The number of carbonyl (C=O) groups is 2. The molecule has 0 atom stereocenters. The molecule has 7 nitrogen and oxygen atoms in total. The summed E-state index contributed by atoms with van der Waals surface area (Å²) >= 11 is 3.27. The summed E-state index contributed by atoms with van der Waals surface area (Å²) in [6.07, 6.45) is 1.20. The number of amides is 1. The minimum Gasteiger partial charge on any atom is -0.545 e. The van der Waals surface area contributed by atoms with E-state index in [2.05, 4.69) is 26.5 Å². The zero-order valence-electron chi connectivity index (χ0n) is 13.4. The highest BCUT2D eigenvalue weighted by Crippen LogP contribution is 2.32. The van der Waals surface area contributed by atoms with Gasteiger partial charge in [0.05, 0.1) is 37.5 Å². The van der Waals surface area contributed by atoms with Gasteiger partial charge in [0.25, 0.3) is 5.91 Å². The number of carbonyl (C=O) groups excluding carboxylic acids is 2. The molecule has 0 unspecified atom stereocenters. The molecule has 0 aromatic heterocycles. The summed E-state index contributed by atoms with van der Waals surface area (Å²) in [5.41, 5.74) is 2.71. The number of benzene rings is 2. The molecule has 0 heterocycles. The SMILES string of the molecule is COc1ccc(/C=N\NC(=O)c2ccccc2Br)c(C(=O)[O-])c1OC. The second-order valence-electron chi connectivity index (χ2n) is 4.73. The summed E-state index contributed by atoms with van der Waals surface area (Å²) in [7, 11) is 2.71. The van der Waals surface area contributed by atoms with Crippen LogP contribution in [0.5, 0.6) is 11.5 Å². The van der Waals surface area contributed by atoms with Gasteiger partial charge in [-0.25, -0.2) is 5.43 Å². The van der Waals surface area contributed by atoms with E-state index in [1.54, 1.807) is 24.3 Å². The summed E-state index contributed by atoms with van der Waals surface area (Å²) in [6.45, 7) is 0. The first-order valence-electron chi connectivity index (χ1n) is 7.03. The minimum atomic E-state index is -1.45. The van der Waals surface area contributed by atoms with Gasteiger partial charge in [0.1, 0.15) is 0 Å². The molecular weight excluding hydrogens is 392 g/mol. The first kappa shape index (κ1) is 18.5. The monoisotopic (exact) mass is 405 g/mol. The number of halogens is 1. The van der Waals surface area contributed by atoms with Gasteiger partial charge in [0.2, 0.25) is 0 Å². The van der Waals surface area contributed by atoms with Crippen molar-refractivity contribution in [3.05, 3.63) is 57.6 Å². The van der Waals surface area contributed by atoms with Crippen LogP contribution in [0.2, 0.25) is 0 Å². The van der Waals surface area contributed by atoms with Crippen molar-refractivity contribution in [3.63, 3.8) is 0 Å². The number of carboxylic acid groups (broad SMARTS) is 1. The summed E-state index contributed by atoms with van der Waals surface area (Å²) < 4.78 is 10.8. The second-order valence-corrected chi connectivity index (χ2v) is 5.59. The van der Waals surface area contributed by atoms with Gasteiger partial charge in [-0.15, -0.1) is 0 Å². The van der Waals surface area contributed by atoms with Crippen molar-refractivity contribution in [2.75, 3.05) is 14.2 Å². The molecule has 0 bridgehead atoms.